The van der Waals surface area contributed by atoms with Gasteiger partial charge in [0.25, 0.3) is 11.6 Å². The molecule has 0 radical (unpaired) electrons. The highest BCUT2D eigenvalue weighted by Gasteiger charge is 2.34. The maximum atomic E-state index is 11.8. The number of nitrogens with two attached hydrogens (primary N) is 1. The minimum atomic E-state index is -0.591. The molecular weight excluding hydrogens is 222 g/mol. The molecule has 1 saturated carbocycles. The third-order valence-corrected chi connectivity index (χ3v) is 2.95. The predicted octanol–water partition coefficient (Wildman–Crippen LogP) is 1.32. The van der Waals surface area contributed by atoms with Crippen LogP contribution in [0.3, 0.4) is 0 Å². The molecule has 1 aromatic carbocycles. The maximum absolute atomic E-state index is 11.8. The highest BCUT2D eigenvalue weighted by Crippen LogP contribution is 2.30. The molecule has 17 heavy (non-hydrogen) atoms. The van der Waals surface area contributed by atoms with Gasteiger partial charge >= 0.3 is 0 Å². The summed E-state index contributed by atoms with van der Waals surface area (Å²) in [5.74, 6) is 0.124. The first-order chi connectivity index (χ1) is 8.00. The molecule has 2 atom stereocenters. The molecule has 2 unspecified atom stereocenters. The van der Waals surface area contributed by atoms with Gasteiger partial charge in [0, 0.05) is 12.1 Å². The van der Waals surface area contributed by atoms with Crippen LogP contribution < -0.4 is 11.1 Å². The number of nitrogens with one attached hydrogen (secondary N) is 1. The summed E-state index contributed by atoms with van der Waals surface area (Å²) < 4.78 is 0. The molecule has 3 N–H and O–H groups in total. The van der Waals surface area contributed by atoms with Gasteiger partial charge in [-0.05, 0) is 18.4 Å². The fourth-order valence-corrected chi connectivity index (χ4v) is 1.68. The first-order valence-electron chi connectivity index (χ1n) is 5.34. The molecule has 90 valence electrons. The van der Waals surface area contributed by atoms with E-state index in [1.165, 1.54) is 18.2 Å². The molecule has 1 fully saturated rings. The van der Waals surface area contributed by atoms with Crippen molar-refractivity contribution in [1.29, 1.82) is 0 Å². The fraction of sp³-hybridized carbons (Fsp3) is 0.364. The van der Waals surface area contributed by atoms with E-state index < -0.39 is 4.92 Å². The summed E-state index contributed by atoms with van der Waals surface area (Å²) in [5.41, 5.74) is 5.46. The Hall–Kier alpha value is -2.11. The number of nitro benzene ring substituents is 1. The van der Waals surface area contributed by atoms with Gasteiger partial charge in [0.05, 0.1) is 10.5 Å². The zero-order valence-corrected chi connectivity index (χ0v) is 9.34. The van der Waals surface area contributed by atoms with Crippen molar-refractivity contribution in [2.45, 2.75) is 19.4 Å². The van der Waals surface area contributed by atoms with Crippen molar-refractivity contribution >= 4 is 17.3 Å². The molecule has 1 aliphatic carbocycles. The van der Waals surface area contributed by atoms with Crippen LogP contribution in [0.5, 0.6) is 0 Å². The van der Waals surface area contributed by atoms with Crippen LogP contribution in [0.25, 0.3) is 0 Å². The molecule has 0 bridgehead atoms. The number of carbonyl (C=O) groups is 1. The average molecular weight is 235 g/mol. The second kappa shape index (κ2) is 4.04. The van der Waals surface area contributed by atoms with E-state index >= 15 is 0 Å². The van der Waals surface area contributed by atoms with E-state index in [0.717, 1.165) is 6.42 Å². The monoisotopic (exact) mass is 235 g/mol. The molecule has 0 aliphatic heterocycles. The fourth-order valence-electron chi connectivity index (χ4n) is 1.68. The molecule has 6 nitrogen and oxygen atoms in total. The topological polar surface area (TPSA) is 98.3 Å². The van der Waals surface area contributed by atoms with Crippen LogP contribution >= 0.6 is 0 Å². The first-order valence-corrected chi connectivity index (χ1v) is 5.34. The molecule has 1 aliphatic rings. The van der Waals surface area contributed by atoms with E-state index in [9.17, 15) is 14.9 Å². The number of amides is 1. The van der Waals surface area contributed by atoms with Crippen molar-refractivity contribution < 1.29 is 9.72 Å². The van der Waals surface area contributed by atoms with Gasteiger partial charge in [0.1, 0.15) is 5.69 Å². The lowest BCUT2D eigenvalue weighted by Crippen LogP contribution is -2.27. The molecule has 0 saturated heterocycles. The van der Waals surface area contributed by atoms with E-state index in [-0.39, 0.29) is 28.9 Å². The Morgan fingerprint density at radius 3 is 2.76 bits per heavy atom. The van der Waals surface area contributed by atoms with E-state index in [2.05, 4.69) is 5.32 Å². The molecule has 1 amide bonds. The third kappa shape index (κ3) is 2.20. The number of benzene rings is 1. The lowest BCUT2D eigenvalue weighted by atomic mass is 10.1. The lowest BCUT2D eigenvalue weighted by molar-refractivity contribution is -0.383. The van der Waals surface area contributed by atoms with Gasteiger partial charge in [-0.2, -0.15) is 0 Å². The summed E-state index contributed by atoms with van der Waals surface area (Å²) in [4.78, 5) is 21.9. The van der Waals surface area contributed by atoms with Crippen molar-refractivity contribution in [3.63, 3.8) is 0 Å². The summed E-state index contributed by atoms with van der Waals surface area (Å²) in [6.45, 7) is 2.03. The molecule has 0 aromatic heterocycles. The number of nitrogens with zero attached hydrogens (tertiary/aromatic N) is 1. The normalized spacial score (nSPS) is 21.9. The molecule has 1 aromatic rings. The summed E-state index contributed by atoms with van der Waals surface area (Å²) in [7, 11) is 0. The Labute approximate surface area is 98.0 Å². The molecule has 0 spiro atoms. The van der Waals surface area contributed by atoms with Crippen molar-refractivity contribution in [3.05, 3.63) is 33.9 Å². The zero-order valence-electron chi connectivity index (χ0n) is 9.34. The van der Waals surface area contributed by atoms with E-state index in [0.29, 0.717) is 5.92 Å². The Kier molecular flexibility index (Phi) is 2.71. The van der Waals surface area contributed by atoms with Crippen LogP contribution in [0.15, 0.2) is 18.2 Å². The Morgan fingerprint density at radius 2 is 2.24 bits per heavy atom. The Bertz CT molecular complexity index is 487. The summed E-state index contributed by atoms with van der Waals surface area (Å²) in [5, 5.41) is 13.5. The summed E-state index contributed by atoms with van der Waals surface area (Å²) in [6.07, 6.45) is 0.945. The van der Waals surface area contributed by atoms with Crippen LogP contribution in [-0.2, 0) is 0 Å². The third-order valence-electron chi connectivity index (χ3n) is 2.95. The van der Waals surface area contributed by atoms with Crippen molar-refractivity contribution in [1.82, 2.24) is 5.32 Å². The smallest absolute Gasteiger partial charge is 0.292 e. The van der Waals surface area contributed by atoms with E-state index in [1.807, 2.05) is 6.92 Å². The zero-order chi connectivity index (χ0) is 12.6. The second-order valence-electron chi connectivity index (χ2n) is 4.29. The number of nitrogen functional groups attached to an aromatic ring is 1. The molecule has 6 heteroatoms. The van der Waals surface area contributed by atoms with Crippen molar-refractivity contribution in [2.75, 3.05) is 5.73 Å². The standard InChI is InChI=1S/C11H13N3O3/c1-6-5-8(6)13-11(15)7-3-2-4-9(10(7)12)14(16)17/h2-4,6,8H,5,12H2,1H3,(H,13,15). The minimum Gasteiger partial charge on any atom is -0.393 e. The van der Waals surface area contributed by atoms with Gasteiger partial charge in [0.15, 0.2) is 0 Å². The van der Waals surface area contributed by atoms with Crippen LogP contribution in [0.2, 0.25) is 0 Å². The molecule has 0 heterocycles. The van der Waals surface area contributed by atoms with Crippen molar-refractivity contribution in [3.8, 4) is 0 Å². The largest absolute Gasteiger partial charge is 0.393 e. The van der Waals surface area contributed by atoms with Gasteiger partial charge < -0.3 is 11.1 Å². The first kappa shape index (κ1) is 11.4. The van der Waals surface area contributed by atoms with Gasteiger partial charge in [-0.1, -0.05) is 13.0 Å². The van der Waals surface area contributed by atoms with Crippen LogP contribution in [0.4, 0.5) is 11.4 Å². The lowest BCUT2D eigenvalue weighted by Gasteiger charge is -2.06. The minimum absolute atomic E-state index is 0.0803. The van der Waals surface area contributed by atoms with Crippen LogP contribution in [0.1, 0.15) is 23.7 Å². The Morgan fingerprint density at radius 1 is 1.59 bits per heavy atom. The number of anilines is 1. The molecule has 2 rings (SSSR count). The van der Waals surface area contributed by atoms with E-state index in [1.54, 1.807) is 0 Å². The van der Waals surface area contributed by atoms with Gasteiger partial charge in [-0.25, -0.2) is 0 Å². The maximum Gasteiger partial charge on any atom is 0.292 e. The average Bonchev–Trinajstić information content (AvgIpc) is 2.93. The number of nitro groups is 1. The van der Waals surface area contributed by atoms with E-state index in [4.69, 9.17) is 5.73 Å². The van der Waals surface area contributed by atoms with Gasteiger partial charge in [-0.3, -0.25) is 14.9 Å². The second-order valence-corrected chi connectivity index (χ2v) is 4.29. The van der Waals surface area contributed by atoms with Gasteiger partial charge in [0.2, 0.25) is 0 Å². The number of carbonyl (C=O) groups excluding carboxylic acids is 1. The van der Waals surface area contributed by atoms with Crippen LogP contribution in [-0.4, -0.2) is 16.9 Å². The Balaban J connectivity index is 2.23. The quantitative estimate of drug-likeness (QED) is 0.469. The van der Waals surface area contributed by atoms with Crippen molar-refractivity contribution in [2.24, 2.45) is 5.92 Å². The number of hydrogen-bond donors (Lipinski definition) is 2. The van der Waals surface area contributed by atoms with Gasteiger partial charge in [-0.15, -0.1) is 0 Å². The number of rotatable bonds is 3. The number of para-hydroxylation sites is 1. The number of hydrogen-bond acceptors (Lipinski definition) is 4. The van der Waals surface area contributed by atoms with Crippen LogP contribution in [0, 0.1) is 16.0 Å². The summed E-state index contributed by atoms with van der Waals surface area (Å²) >= 11 is 0. The highest BCUT2D eigenvalue weighted by atomic mass is 16.6. The highest BCUT2D eigenvalue weighted by molar-refractivity contribution is 6.01. The SMILES string of the molecule is CC1CC1NC(=O)c1cccc([N+](=O)[O-])c1N. The summed E-state index contributed by atoms with van der Waals surface area (Å²) in [6, 6.07) is 4.40. The predicted molar refractivity (Wildman–Crippen MR) is 62.5 cm³/mol. The molecular formula is C11H13N3O3.